The standard InChI is InChI=1S/C15H12Cl2N2O3/c16-12-5-6-14(11-4-2-1-3-10(11)12)22-15-13(17)7-9(8-18-15)19(20)21/h5-8H,1-4H2. The molecule has 0 N–H and O–H groups in total. The van der Waals surface area contributed by atoms with E-state index in [4.69, 9.17) is 27.9 Å². The first kappa shape index (κ1) is 15.1. The lowest BCUT2D eigenvalue weighted by atomic mass is 9.91. The molecular formula is C15H12Cl2N2O3. The first-order valence-corrected chi connectivity index (χ1v) is 7.60. The third kappa shape index (κ3) is 2.87. The maximum atomic E-state index is 10.7. The molecule has 22 heavy (non-hydrogen) atoms. The van der Waals surface area contributed by atoms with Gasteiger partial charge in [0, 0.05) is 11.1 Å². The maximum Gasteiger partial charge on any atom is 0.289 e. The van der Waals surface area contributed by atoms with Gasteiger partial charge >= 0.3 is 0 Å². The van der Waals surface area contributed by atoms with Crippen LogP contribution in [0.4, 0.5) is 5.69 Å². The van der Waals surface area contributed by atoms with Gasteiger partial charge in [0.15, 0.2) is 0 Å². The molecule has 0 saturated carbocycles. The van der Waals surface area contributed by atoms with Gasteiger partial charge in [-0.25, -0.2) is 4.98 Å². The van der Waals surface area contributed by atoms with Crippen molar-refractivity contribution < 1.29 is 9.66 Å². The Morgan fingerprint density at radius 2 is 1.86 bits per heavy atom. The lowest BCUT2D eigenvalue weighted by molar-refractivity contribution is -0.385. The molecule has 1 aromatic carbocycles. The van der Waals surface area contributed by atoms with Crippen molar-refractivity contribution in [3.8, 4) is 11.6 Å². The Morgan fingerprint density at radius 3 is 2.55 bits per heavy atom. The van der Waals surface area contributed by atoms with Gasteiger partial charge in [-0.1, -0.05) is 23.2 Å². The van der Waals surface area contributed by atoms with Gasteiger partial charge in [-0.3, -0.25) is 10.1 Å². The summed E-state index contributed by atoms with van der Waals surface area (Å²) in [6, 6.07) is 4.80. The summed E-state index contributed by atoms with van der Waals surface area (Å²) in [7, 11) is 0. The van der Waals surface area contributed by atoms with Gasteiger partial charge in [0.05, 0.1) is 4.92 Å². The Kier molecular flexibility index (Phi) is 4.18. The molecule has 1 aliphatic rings. The number of benzene rings is 1. The van der Waals surface area contributed by atoms with Crippen molar-refractivity contribution in [2.75, 3.05) is 0 Å². The van der Waals surface area contributed by atoms with Crippen LogP contribution < -0.4 is 4.74 Å². The highest BCUT2D eigenvalue weighted by molar-refractivity contribution is 6.32. The van der Waals surface area contributed by atoms with E-state index >= 15 is 0 Å². The van der Waals surface area contributed by atoms with Crippen LogP contribution in [0.5, 0.6) is 11.6 Å². The van der Waals surface area contributed by atoms with E-state index in [0.717, 1.165) is 48.0 Å². The van der Waals surface area contributed by atoms with E-state index in [1.54, 1.807) is 12.1 Å². The van der Waals surface area contributed by atoms with Gasteiger partial charge < -0.3 is 4.74 Å². The molecule has 0 amide bonds. The maximum absolute atomic E-state index is 10.7. The van der Waals surface area contributed by atoms with Gasteiger partial charge in [0.25, 0.3) is 5.69 Å². The Hall–Kier alpha value is -1.85. The fraction of sp³-hybridized carbons (Fsp3) is 0.267. The summed E-state index contributed by atoms with van der Waals surface area (Å²) in [5.41, 5.74) is 1.99. The molecule has 0 spiro atoms. The van der Waals surface area contributed by atoms with Crippen LogP contribution in [0.15, 0.2) is 24.4 Å². The number of nitro groups is 1. The van der Waals surface area contributed by atoms with Crippen molar-refractivity contribution in [3.05, 3.63) is 55.7 Å². The second kappa shape index (κ2) is 6.10. The van der Waals surface area contributed by atoms with Crippen molar-refractivity contribution in [2.24, 2.45) is 0 Å². The first-order chi connectivity index (χ1) is 10.6. The molecule has 7 heteroatoms. The molecule has 0 unspecified atom stereocenters. The van der Waals surface area contributed by atoms with Crippen LogP contribution in [-0.2, 0) is 12.8 Å². The number of nitrogens with zero attached hydrogens (tertiary/aromatic N) is 2. The van der Waals surface area contributed by atoms with E-state index in [2.05, 4.69) is 4.98 Å². The van der Waals surface area contributed by atoms with Crippen molar-refractivity contribution >= 4 is 28.9 Å². The van der Waals surface area contributed by atoms with Crippen molar-refractivity contribution in [2.45, 2.75) is 25.7 Å². The Bertz CT molecular complexity index is 750. The minimum Gasteiger partial charge on any atom is -0.437 e. The Morgan fingerprint density at radius 1 is 1.14 bits per heavy atom. The summed E-state index contributed by atoms with van der Waals surface area (Å²) in [5.74, 6) is 0.810. The molecule has 2 aromatic rings. The van der Waals surface area contributed by atoms with E-state index in [0.29, 0.717) is 5.75 Å². The number of hydrogen-bond donors (Lipinski definition) is 0. The summed E-state index contributed by atoms with van der Waals surface area (Å²) >= 11 is 12.3. The second-order valence-electron chi connectivity index (χ2n) is 5.05. The fourth-order valence-electron chi connectivity index (χ4n) is 2.58. The molecule has 0 atom stereocenters. The summed E-state index contributed by atoms with van der Waals surface area (Å²) in [6.45, 7) is 0. The molecule has 1 heterocycles. The normalized spacial score (nSPS) is 13.5. The zero-order valence-electron chi connectivity index (χ0n) is 11.5. The first-order valence-electron chi connectivity index (χ1n) is 6.84. The van der Waals surface area contributed by atoms with Crippen LogP contribution in [0.2, 0.25) is 10.0 Å². The average molecular weight is 339 g/mol. The van der Waals surface area contributed by atoms with E-state index < -0.39 is 4.92 Å². The molecule has 3 rings (SSSR count). The van der Waals surface area contributed by atoms with Crippen LogP contribution in [0.25, 0.3) is 0 Å². The summed E-state index contributed by atoms with van der Waals surface area (Å²) < 4.78 is 5.77. The Balaban J connectivity index is 1.95. The molecule has 5 nitrogen and oxygen atoms in total. The van der Waals surface area contributed by atoms with E-state index in [1.165, 1.54) is 6.07 Å². The van der Waals surface area contributed by atoms with E-state index in [1.807, 2.05) is 0 Å². The third-order valence-corrected chi connectivity index (χ3v) is 4.27. The van der Waals surface area contributed by atoms with Gasteiger partial charge in [-0.2, -0.15) is 0 Å². The molecule has 1 aromatic heterocycles. The predicted molar refractivity (Wildman–Crippen MR) is 84.1 cm³/mol. The van der Waals surface area contributed by atoms with Crippen LogP contribution in [0, 0.1) is 10.1 Å². The second-order valence-corrected chi connectivity index (χ2v) is 5.86. The highest BCUT2D eigenvalue weighted by atomic mass is 35.5. The van der Waals surface area contributed by atoms with Gasteiger partial charge in [0.2, 0.25) is 5.88 Å². The van der Waals surface area contributed by atoms with Crippen LogP contribution >= 0.6 is 23.2 Å². The van der Waals surface area contributed by atoms with Crippen LogP contribution in [0.3, 0.4) is 0 Å². The molecule has 0 fully saturated rings. The number of fused-ring (bicyclic) bond motifs is 1. The fourth-order valence-corrected chi connectivity index (χ4v) is 3.05. The largest absolute Gasteiger partial charge is 0.437 e. The smallest absolute Gasteiger partial charge is 0.289 e. The summed E-state index contributed by atoms with van der Waals surface area (Å²) in [5, 5.41) is 11.5. The van der Waals surface area contributed by atoms with Crippen molar-refractivity contribution in [3.63, 3.8) is 0 Å². The molecule has 0 aliphatic heterocycles. The van der Waals surface area contributed by atoms with E-state index in [-0.39, 0.29) is 16.6 Å². The quantitative estimate of drug-likeness (QED) is 0.585. The highest BCUT2D eigenvalue weighted by Gasteiger charge is 2.19. The molecule has 1 aliphatic carbocycles. The number of aromatic nitrogens is 1. The summed E-state index contributed by atoms with van der Waals surface area (Å²) in [4.78, 5) is 14.1. The Labute approximate surface area is 137 Å². The zero-order valence-corrected chi connectivity index (χ0v) is 13.0. The lowest BCUT2D eigenvalue weighted by Crippen LogP contribution is -2.06. The average Bonchev–Trinajstić information content (AvgIpc) is 2.52. The van der Waals surface area contributed by atoms with Crippen molar-refractivity contribution in [1.29, 1.82) is 0 Å². The van der Waals surface area contributed by atoms with Gasteiger partial charge in [-0.05, 0) is 48.9 Å². The van der Waals surface area contributed by atoms with Gasteiger partial charge in [-0.15, -0.1) is 0 Å². The lowest BCUT2D eigenvalue weighted by Gasteiger charge is -2.20. The minimum absolute atomic E-state index is 0.105. The van der Waals surface area contributed by atoms with Crippen molar-refractivity contribution in [1.82, 2.24) is 4.98 Å². The monoisotopic (exact) mass is 338 g/mol. The van der Waals surface area contributed by atoms with Crippen LogP contribution in [0.1, 0.15) is 24.0 Å². The SMILES string of the molecule is O=[N+]([O-])c1cnc(Oc2ccc(Cl)c3c2CCCC3)c(Cl)c1. The predicted octanol–water partition coefficient (Wildman–Crippen LogP) is 4.97. The topological polar surface area (TPSA) is 65.3 Å². The highest BCUT2D eigenvalue weighted by Crippen LogP contribution is 2.38. The number of halogens is 2. The third-order valence-electron chi connectivity index (χ3n) is 3.65. The molecule has 0 radical (unpaired) electrons. The molecule has 0 bridgehead atoms. The summed E-state index contributed by atoms with van der Waals surface area (Å²) in [6.07, 6.45) is 5.12. The zero-order chi connectivity index (χ0) is 15.7. The molecular weight excluding hydrogens is 327 g/mol. The number of hydrogen-bond acceptors (Lipinski definition) is 4. The number of pyridine rings is 1. The minimum atomic E-state index is -0.549. The van der Waals surface area contributed by atoms with Crippen LogP contribution in [-0.4, -0.2) is 9.91 Å². The number of ether oxygens (including phenoxy) is 1. The van der Waals surface area contributed by atoms with Gasteiger partial charge in [0.1, 0.15) is 17.0 Å². The molecule has 114 valence electrons. The number of rotatable bonds is 3. The van der Waals surface area contributed by atoms with E-state index in [9.17, 15) is 10.1 Å². The molecule has 0 saturated heterocycles.